The van der Waals surface area contributed by atoms with Gasteiger partial charge in [-0.25, -0.2) is 0 Å². The van der Waals surface area contributed by atoms with E-state index in [1.54, 1.807) is 0 Å². The molecule has 1 rings (SSSR count). The molecular weight excluding hydrogens is 283 g/mol. The maximum atomic E-state index is 12.4. The van der Waals surface area contributed by atoms with E-state index in [1.165, 1.54) is 0 Å². The predicted molar refractivity (Wildman–Crippen MR) is 64.3 cm³/mol. The third kappa shape index (κ3) is 4.61. The number of rotatable bonds is 7. The molecule has 0 aliphatic carbocycles. The Bertz CT molecular complexity index is 375. The standard InChI is InChI=1S/C11H21F3NO3S/c1-2-3-4-5-8-15(9-6-7-10-15)18-19(16,17)11(12,13)14/h2-10H2,1H3/q+1. The van der Waals surface area contributed by atoms with Crippen LogP contribution in [0.2, 0.25) is 0 Å². The largest absolute Gasteiger partial charge is 0.528 e. The number of unbranched alkanes of at least 4 members (excludes halogenated alkanes) is 3. The molecule has 0 aromatic rings. The van der Waals surface area contributed by atoms with E-state index >= 15 is 0 Å². The zero-order valence-corrected chi connectivity index (χ0v) is 11.9. The molecule has 0 N–H and O–H groups in total. The molecule has 0 amide bonds. The van der Waals surface area contributed by atoms with Crippen LogP contribution in [0, 0.1) is 0 Å². The minimum absolute atomic E-state index is 0.329. The summed E-state index contributed by atoms with van der Waals surface area (Å²) in [4.78, 5) is 0. The minimum Gasteiger partial charge on any atom is -0.185 e. The average molecular weight is 304 g/mol. The molecule has 8 heteroatoms. The Labute approximate surface area is 112 Å². The van der Waals surface area contributed by atoms with Gasteiger partial charge in [-0.3, -0.25) is 0 Å². The zero-order valence-electron chi connectivity index (χ0n) is 11.1. The zero-order chi connectivity index (χ0) is 14.6. The Hall–Kier alpha value is -0.340. The van der Waals surface area contributed by atoms with Crippen molar-refractivity contribution in [3.8, 4) is 0 Å². The molecule has 0 bridgehead atoms. The fourth-order valence-corrected chi connectivity index (χ4v) is 3.05. The lowest BCUT2D eigenvalue weighted by Gasteiger charge is -2.29. The Morgan fingerprint density at radius 3 is 2.16 bits per heavy atom. The van der Waals surface area contributed by atoms with Crippen LogP contribution in [0.25, 0.3) is 0 Å². The lowest BCUT2D eigenvalue weighted by atomic mass is 10.2. The fourth-order valence-electron chi connectivity index (χ4n) is 2.32. The number of halogens is 3. The molecule has 0 aromatic heterocycles. The summed E-state index contributed by atoms with van der Waals surface area (Å²) in [5.74, 6) is 0. The summed E-state index contributed by atoms with van der Waals surface area (Å²) >= 11 is 0. The third-order valence-corrected chi connectivity index (χ3v) is 4.42. The van der Waals surface area contributed by atoms with Gasteiger partial charge < -0.3 is 0 Å². The van der Waals surface area contributed by atoms with E-state index in [4.69, 9.17) is 0 Å². The van der Waals surface area contributed by atoms with Gasteiger partial charge >= 0.3 is 15.6 Å². The molecule has 1 saturated heterocycles. The Balaban J connectivity index is 2.67. The normalized spacial score (nSPS) is 19.8. The predicted octanol–water partition coefficient (Wildman–Crippen LogP) is 2.96. The van der Waals surface area contributed by atoms with Crippen LogP contribution in [0.3, 0.4) is 0 Å². The smallest absolute Gasteiger partial charge is 0.185 e. The van der Waals surface area contributed by atoms with E-state index < -0.39 is 20.3 Å². The van der Waals surface area contributed by atoms with Crippen molar-refractivity contribution < 1.29 is 30.5 Å². The van der Waals surface area contributed by atoms with Crippen molar-refractivity contribution in [1.82, 2.24) is 0 Å². The second-order valence-electron chi connectivity index (χ2n) is 4.97. The van der Waals surface area contributed by atoms with Gasteiger partial charge in [-0.1, -0.05) is 24.0 Å². The lowest BCUT2D eigenvalue weighted by molar-refractivity contribution is -1.07. The number of hydrogen-bond acceptors (Lipinski definition) is 3. The monoisotopic (exact) mass is 304 g/mol. The van der Waals surface area contributed by atoms with E-state index in [2.05, 4.69) is 4.28 Å². The number of hydroxylamine groups is 3. The molecule has 1 aliphatic heterocycles. The maximum Gasteiger partial charge on any atom is 0.528 e. The van der Waals surface area contributed by atoms with Crippen LogP contribution in [-0.4, -0.2) is 38.2 Å². The topological polar surface area (TPSA) is 43.4 Å². The van der Waals surface area contributed by atoms with Gasteiger partial charge in [-0.05, 0) is 12.8 Å². The van der Waals surface area contributed by atoms with Gasteiger partial charge in [-0.15, -0.1) is 0 Å². The first-order chi connectivity index (χ1) is 8.72. The van der Waals surface area contributed by atoms with Gasteiger partial charge in [0.05, 0.1) is 0 Å². The lowest BCUT2D eigenvalue weighted by Crippen LogP contribution is -2.49. The van der Waals surface area contributed by atoms with E-state index in [0.717, 1.165) is 19.3 Å². The molecule has 19 heavy (non-hydrogen) atoms. The van der Waals surface area contributed by atoms with Crippen LogP contribution in [0.5, 0.6) is 0 Å². The Morgan fingerprint density at radius 1 is 1.11 bits per heavy atom. The first-order valence-electron chi connectivity index (χ1n) is 6.61. The van der Waals surface area contributed by atoms with Crippen molar-refractivity contribution in [1.29, 1.82) is 0 Å². The van der Waals surface area contributed by atoms with Gasteiger partial charge in [0.2, 0.25) is 0 Å². The first-order valence-corrected chi connectivity index (χ1v) is 8.02. The molecule has 1 heterocycles. The molecule has 4 nitrogen and oxygen atoms in total. The van der Waals surface area contributed by atoms with Crippen LogP contribution in [0.15, 0.2) is 0 Å². The summed E-state index contributed by atoms with van der Waals surface area (Å²) in [6, 6.07) is 0. The number of nitrogens with zero attached hydrogens (tertiary/aromatic N) is 1. The highest BCUT2D eigenvalue weighted by Crippen LogP contribution is 2.31. The average Bonchev–Trinajstić information content (AvgIpc) is 2.71. The first kappa shape index (κ1) is 16.7. The number of likely N-dealkylation sites (tertiary alicyclic amines) is 1. The summed E-state index contributed by atoms with van der Waals surface area (Å²) in [6.07, 6.45) is 4.96. The van der Waals surface area contributed by atoms with Crippen LogP contribution in [0.1, 0.15) is 45.4 Å². The van der Waals surface area contributed by atoms with Crippen molar-refractivity contribution >= 4 is 10.1 Å². The summed E-state index contributed by atoms with van der Waals surface area (Å²) in [5, 5.41) is 0. The van der Waals surface area contributed by atoms with E-state index in [1.807, 2.05) is 6.92 Å². The molecule has 0 radical (unpaired) electrons. The fraction of sp³-hybridized carbons (Fsp3) is 1.00. The molecule has 0 spiro atoms. The number of alkyl halides is 3. The van der Waals surface area contributed by atoms with Crippen LogP contribution >= 0.6 is 0 Å². The highest BCUT2D eigenvalue weighted by molar-refractivity contribution is 7.87. The third-order valence-electron chi connectivity index (χ3n) is 3.34. The summed E-state index contributed by atoms with van der Waals surface area (Å²) in [6.45, 7) is 3.03. The second kappa shape index (κ2) is 6.41. The Morgan fingerprint density at radius 2 is 1.68 bits per heavy atom. The van der Waals surface area contributed by atoms with Gasteiger partial charge in [0, 0.05) is 12.8 Å². The quantitative estimate of drug-likeness (QED) is 0.412. The van der Waals surface area contributed by atoms with Gasteiger partial charge in [0.1, 0.15) is 19.6 Å². The number of hydrogen-bond donors (Lipinski definition) is 0. The van der Waals surface area contributed by atoms with Crippen molar-refractivity contribution in [2.75, 3.05) is 19.6 Å². The summed E-state index contributed by atoms with van der Waals surface area (Å²) in [5.41, 5.74) is -5.34. The highest BCUT2D eigenvalue weighted by Gasteiger charge is 2.54. The number of quaternary nitrogens is 1. The maximum absolute atomic E-state index is 12.4. The van der Waals surface area contributed by atoms with Crippen LogP contribution in [0.4, 0.5) is 13.2 Å². The van der Waals surface area contributed by atoms with Crippen molar-refractivity contribution in [2.24, 2.45) is 0 Å². The molecule has 0 saturated carbocycles. The van der Waals surface area contributed by atoms with Gasteiger partial charge in [0.15, 0.2) is 0 Å². The Kier molecular flexibility index (Phi) is 5.64. The molecule has 0 unspecified atom stereocenters. The molecule has 114 valence electrons. The molecule has 1 aliphatic rings. The second-order valence-corrected chi connectivity index (χ2v) is 6.49. The summed E-state index contributed by atoms with van der Waals surface area (Å²) < 4.78 is 63.5. The van der Waals surface area contributed by atoms with Crippen LogP contribution in [-0.2, 0) is 14.4 Å². The minimum atomic E-state index is -5.51. The summed E-state index contributed by atoms with van der Waals surface area (Å²) in [7, 11) is -5.51. The van der Waals surface area contributed by atoms with Crippen LogP contribution < -0.4 is 0 Å². The SMILES string of the molecule is CCCCCC[N+]1(OS(=O)(=O)C(F)(F)F)CCCC1. The molecular formula is C11H21F3NO3S+. The van der Waals surface area contributed by atoms with E-state index in [-0.39, 0.29) is 0 Å². The van der Waals surface area contributed by atoms with Gasteiger partial charge in [0.25, 0.3) is 0 Å². The van der Waals surface area contributed by atoms with E-state index in [0.29, 0.717) is 38.9 Å². The van der Waals surface area contributed by atoms with Crippen molar-refractivity contribution in [3.05, 3.63) is 0 Å². The highest BCUT2D eigenvalue weighted by atomic mass is 32.2. The molecule has 0 aromatic carbocycles. The molecule has 0 atom stereocenters. The van der Waals surface area contributed by atoms with Crippen molar-refractivity contribution in [2.45, 2.75) is 51.0 Å². The van der Waals surface area contributed by atoms with Crippen molar-refractivity contribution in [3.63, 3.8) is 0 Å². The molecule has 1 fully saturated rings. The van der Waals surface area contributed by atoms with E-state index in [9.17, 15) is 21.6 Å². The van der Waals surface area contributed by atoms with Gasteiger partial charge in [-0.2, -0.15) is 26.2 Å².